The first-order chi connectivity index (χ1) is 27.9. The van der Waals surface area contributed by atoms with Gasteiger partial charge in [0.05, 0.1) is 42.7 Å². The molecule has 0 aliphatic carbocycles. The number of methoxy groups -OCH3 is 2. The van der Waals surface area contributed by atoms with E-state index in [1.165, 1.54) is 0 Å². The maximum atomic E-state index is 14.3. The highest BCUT2D eigenvalue weighted by Gasteiger charge is 2.43. The molecule has 0 unspecified atom stereocenters. The summed E-state index contributed by atoms with van der Waals surface area (Å²) in [7, 11) is 8.55. The monoisotopic (exact) mass is 831 g/mol. The van der Waals surface area contributed by atoms with Crippen molar-refractivity contribution >= 4 is 29.5 Å². The molecule has 1 aliphatic heterocycles. The first kappa shape index (κ1) is 51.6. The lowest BCUT2D eigenvalue weighted by molar-refractivity contribution is -0.148. The van der Waals surface area contributed by atoms with E-state index < -0.39 is 48.3 Å². The Bertz CT molecular complexity index is 1440. The highest BCUT2D eigenvalue weighted by molar-refractivity contribution is 5.90. The summed E-state index contributed by atoms with van der Waals surface area (Å²) < 4.78 is 17.5. The number of benzene rings is 1. The molecule has 1 aliphatic rings. The molecule has 5 amide bonds. The second kappa shape index (κ2) is 25.9. The topological polar surface area (TPSA) is 159 Å². The van der Waals surface area contributed by atoms with Gasteiger partial charge in [-0.15, -0.1) is 0 Å². The quantitative estimate of drug-likeness (QED) is 0.118. The molecule has 1 saturated heterocycles. The number of ether oxygens (including phenoxy) is 3. The number of hydrogen-bond donors (Lipinski definition) is 3. The molecule has 14 nitrogen and oxygen atoms in total. The molecule has 1 heterocycles. The fraction of sp³-hybridized carbons (Fsp3) is 0.756. The Balaban J connectivity index is 2.28. The molecule has 1 fully saturated rings. The smallest absolute Gasteiger partial charge is 0.245 e. The van der Waals surface area contributed by atoms with Gasteiger partial charge in [0.15, 0.2) is 0 Å². The zero-order valence-electron chi connectivity index (χ0n) is 38.4. The van der Waals surface area contributed by atoms with E-state index in [1.54, 1.807) is 38.0 Å². The SMILES string of the molecule is CCOCCCNC(=O)[C@H](Cc1ccccc1)NC(=O)[C@H](C)[C@@H](OC)[C@@H]1CCCN1C(=O)C[C@@H](OC)[C@H]([C@@H](C)CC)N(C)C(=O)[C@@H](NC(=O)[C@H](C(C)C)N(C)C)C(C)C. The minimum atomic E-state index is -0.814. The molecule has 59 heavy (non-hydrogen) atoms. The molecular weight excluding hydrogens is 753 g/mol. The number of hydrogen-bond acceptors (Lipinski definition) is 9. The molecular formula is C45H78N6O8. The lowest BCUT2D eigenvalue weighted by Gasteiger charge is -2.41. The fourth-order valence-electron chi connectivity index (χ4n) is 8.43. The van der Waals surface area contributed by atoms with E-state index >= 15 is 0 Å². The van der Waals surface area contributed by atoms with Crippen molar-refractivity contribution in [3.05, 3.63) is 35.9 Å². The first-order valence-corrected chi connectivity index (χ1v) is 21.7. The molecule has 0 bridgehead atoms. The van der Waals surface area contributed by atoms with Crippen LogP contribution in [0.3, 0.4) is 0 Å². The van der Waals surface area contributed by atoms with Crippen molar-refractivity contribution in [2.24, 2.45) is 23.7 Å². The van der Waals surface area contributed by atoms with Crippen LogP contribution in [0, 0.1) is 23.7 Å². The number of carbonyl (C=O) groups excluding carboxylic acids is 5. The van der Waals surface area contributed by atoms with Gasteiger partial charge in [0.25, 0.3) is 0 Å². The largest absolute Gasteiger partial charge is 0.382 e. The normalized spacial score (nSPS) is 18.4. The molecule has 336 valence electrons. The van der Waals surface area contributed by atoms with Crippen LogP contribution in [0.4, 0.5) is 0 Å². The molecule has 3 N–H and O–H groups in total. The molecule has 1 aromatic carbocycles. The molecule has 1 aromatic rings. The minimum absolute atomic E-state index is 0.00795. The van der Waals surface area contributed by atoms with Crippen molar-refractivity contribution < 1.29 is 38.2 Å². The molecule has 0 spiro atoms. The maximum absolute atomic E-state index is 14.3. The summed E-state index contributed by atoms with van der Waals surface area (Å²) in [5, 5.41) is 8.98. The summed E-state index contributed by atoms with van der Waals surface area (Å²) in [6.07, 6.45) is 1.79. The van der Waals surface area contributed by atoms with Crippen LogP contribution in [-0.2, 0) is 44.6 Å². The van der Waals surface area contributed by atoms with E-state index in [-0.39, 0.29) is 53.7 Å². The van der Waals surface area contributed by atoms with Gasteiger partial charge in [0, 0.05) is 54.0 Å². The van der Waals surface area contributed by atoms with Crippen LogP contribution in [-0.4, -0.2) is 148 Å². The van der Waals surface area contributed by atoms with Crippen molar-refractivity contribution in [1.82, 2.24) is 30.7 Å². The third kappa shape index (κ3) is 15.1. The Morgan fingerprint density at radius 2 is 1.53 bits per heavy atom. The Morgan fingerprint density at radius 1 is 0.864 bits per heavy atom. The van der Waals surface area contributed by atoms with Crippen molar-refractivity contribution in [2.75, 3.05) is 61.7 Å². The van der Waals surface area contributed by atoms with Crippen LogP contribution >= 0.6 is 0 Å². The van der Waals surface area contributed by atoms with E-state index in [4.69, 9.17) is 14.2 Å². The average Bonchev–Trinajstić information content (AvgIpc) is 3.68. The highest BCUT2D eigenvalue weighted by Crippen LogP contribution is 2.30. The summed E-state index contributed by atoms with van der Waals surface area (Å²) in [5.74, 6) is -2.10. The molecule has 2 rings (SSSR count). The Kier molecular flexibility index (Phi) is 22.6. The number of likely N-dealkylation sites (N-methyl/N-ethyl adjacent to an activating group) is 2. The average molecular weight is 831 g/mol. The van der Waals surface area contributed by atoms with Gasteiger partial charge < -0.3 is 40.0 Å². The predicted octanol–water partition coefficient (Wildman–Crippen LogP) is 3.90. The first-order valence-electron chi connectivity index (χ1n) is 21.7. The Morgan fingerprint density at radius 3 is 2.07 bits per heavy atom. The van der Waals surface area contributed by atoms with Gasteiger partial charge in [-0.25, -0.2) is 0 Å². The summed E-state index contributed by atoms with van der Waals surface area (Å²) in [6, 6.07) is 6.70. The van der Waals surface area contributed by atoms with Gasteiger partial charge >= 0.3 is 0 Å². The number of likely N-dealkylation sites (tertiary alicyclic amines) is 1. The van der Waals surface area contributed by atoms with Crippen LogP contribution in [0.2, 0.25) is 0 Å². The van der Waals surface area contributed by atoms with Crippen molar-refractivity contribution in [2.45, 2.75) is 136 Å². The van der Waals surface area contributed by atoms with Crippen molar-refractivity contribution in [3.63, 3.8) is 0 Å². The molecule has 0 radical (unpaired) electrons. The Labute approximate surface area is 355 Å². The van der Waals surface area contributed by atoms with Crippen LogP contribution in [0.5, 0.6) is 0 Å². The van der Waals surface area contributed by atoms with Crippen LogP contribution in [0.25, 0.3) is 0 Å². The third-order valence-electron chi connectivity index (χ3n) is 11.8. The van der Waals surface area contributed by atoms with Gasteiger partial charge in [-0.3, -0.25) is 28.9 Å². The fourth-order valence-corrected chi connectivity index (χ4v) is 8.43. The second-order valence-electron chi connectivity index (χ2n) is 17.1. The van der Waals surface area contributed by atoms with Crippen LogP contribution in [0.15, 0.2) is 30.3 Å². The Hall–Kier alpha value is -3.59. The van der Waals surface area contributed by atoms with E-state index in [2.05, 4.69) is 16.0 Å². The van der Waals surface area contributed by atoms with Gasteiger partial charge in [-0.1, -0.05) is 85.2 Å². The second-order valence-corrected chi connectivity index (χ2v) is 17.1. The number of rotatable bonds is 26. The zero-order chi connectivity index (χ0) is 44.4. The lowest BCUT2D eigenvalue weighted by Crippen LogP contribution is -2.59. The molecule has 0 saturated carbocycles. The molecule has 0 aromatic heterocycles. The van der Waals surface area contributed by atoms with Crippen LogP contribution in [0.1, 0.15) is 93.1 Å². The lowest BCUT2D eigenvalue weighted by atomic mass is 9.89. The third-order valence-corrected chi connectivity index (χ3v) is 11.8. The maximum Gasteiger partial charge on any atom is 0.245 e. The van der Waals surface area contributed by atoms with Gasteiger partial charge in [0.2, 0.25) is 29.5 Å². The summed E-state index contributed by atoms with van der Waals surface area (Å²) >= 11 is 0. The van der Waals surface area contributed by atoms with Crippen molar-refractivity contribution in [3.8, 4) is 0 Å². The summed E-state index contributed by atoms with van der Waals surface area (Å²) in [5.41, 5.74) is 0.912. The van der Waals surface area contributed by atoms with Crippen LogP contribution < -0.4 is 16.0 Å². The number of nitrogens with zero attached hydrogens (tertiary/aromatic N) is 3. The van der Waals surface area contributed by atoms with Gasteiger partial charge in [0.1, 0.15) is 12.1 Å². The van der Waals surface area contributed by atoms with E-state index in [0.717, 1.165) is 18.4 Å². The van der Waals surface area contributed by atoms with E-state index in [1.807, 2.05) is 97.8 Å². The number of nitrogens with one attached hydrogen (secondary N) is 3. The summed E-state index contributed by atoms with van der Waals surface area (Å²) in [4.78, 5) is 74.8. The van der Waals surface area contributed by atoms with E-state index in [9.17, 15) is 24.0 Å². The molecule has 14 heteroatoms. The number of carbonyl (C=O) groups is 5. The number of amides is 5. The van der Waals surface area contributed by atoms with E-state index in [0.29, 0.717) is 45.6 Å². The predicted molar refractivity (Wildman–Crippen MR) is 231 cm³/mol. The minimum Gasteiger partial charge on any atom is -0.382 e. The zero-order valence-corrected chi connectivity index (χ0v) is 38.4. The highest BCUT2D eigenvalue weighted by atomic mass is 16.5. The van der Waals surface area contributed by atoms with Gasteiger partial charge in [-0.2, -0.15) is 0 Å². The summed E-state index contributed by atoms with van der Waals surface area (Å²) in [6.45, 7) is 17.6. The standard InChI is InChI=1S/C45H78N6O8/c1-14-31(7)40(50(11)45(56)38(29(3)4)48-44(55)39(30(5)6)49(9)10)36(57-12)28-37(52)51-25-19-23-35(51)41(58-13)32(8)42(53)47-34(27-33-21-17-16-18-22-33)43(54)46-24-20-26-59-15-2/h16-18,21-22,29-32,34-36,38-41H,14-15,19-20,23-28H2,1-13H3,(H,46,54)(H,47,53)(H,48,55)/t31-,32+,34-,35-,36+,38-,39-,40-,41+/m0/s1. The molecule has 9 atom stereocenters. The van der Waals surface area contributed by atoms with Gasteiger partial charge in [-0.05, 0) is 63.6 Å². The van der Waals surface area contributed by atoms with Crippen molar-refractivity contribution in [1.29, 1.82) is 0 Å².